The van der Waals surface area contributed by atoms with Crippen LogP contribution in [-0.4, -0.2) is 42.1 Å². The zero-order valence-electron chi connectivity index (χ0n) is 12.7. The minimum Gasteiger partial charge on any atom is -0.384 e. The van der Waals surface area contributed by atoms with Gasteiger partial charge in [0.15, 0.2) is 0 Å². The Labute approximate surface area is 124 Å². The average molecular weight is 287 g/mol. The predicted octanol–water partition coefficient (Wildman–Crippen LogP) is 2.31. The number of nitrogens with zero attached hydrogens (tertiary/aromatic N) is 2. The molecule has 0 bridgehead atoms. The summed E-state index contributed by atoms with van der Waals surface area (Å²) in [5.41, 5.74) is 7.15. The van der Waals surface area contributed by atoms with Gasteiger partial charge in [-0.3, -0.25) is 4.79 Å². The van der Waals surface area contributed by atoms with Crippen molar-refractivity contribution in [3.8, 4) is 0 Å². The van der Waals surface area contributed by atoms with E-state index in [0.717, 1.165) is 10.9 Å². The summed E-state index contributed by atoms with van der Waals surface area (Å²) in [5, 5.41) is 0.819. The van der Waals surface area contributed by atoms with Gasteiger partial charge in [0.2, 0.25) is 0 Å². The minimum absolute atomic E-state index is 0.0487. The number of aromatic nitrogens is 1. The zero-order valence-corrected chi connectivity index (χ0v) is 12.7. The lowest BCUT2D eigenvalue weighted by Gasteiger charge is -2.27. The molecule has 0 radical (unpaired) electrons. The number of nitrogen functional groups attached to an aromatic ring is 1. The van der Waals surface area contributed by atoms with Crippen molar-refractivity contribution in [3.05, 3.63) is 35.9 Å². The number of benzene rings is 1. The molecule has 1 aromatic heterocycles. The lowest BCUT2D eigenvalue weighted by Crippen LogP contribution is -2.39. The van der Waals surface area contributed by atoms with Crippen LogP contribution in [0.1, 0.15) is 24.2 Å². The fraction of sp³-hybridized carbons (Fsp3) is 0.375. The van der Waals surface area contributed by atoms with Crippen molar-refractivity contribution in [3.63, 3.8) is 0 Å². The summed E-state index contributed by atoms with van der Waals surface area (Å²) < 4.78 is 5.09. The summed E-state index contributed by atoms with van der Waals surface area (Å²) in [6.45, 7) is 5.02. The van der Waals surface area contributed by atoms with Gasteiger partial charge < -0.3 is 15.4 Å². The van der Waals surface area contributed by atoms with Crippen molar-refractivity contribution in [1.29, 1.82) is 0 Å². The number of nitrogens with two attached hydrogens (primary N) is 1. The van der Waals surface area contributed by atoms with Gasteiger partial charge >= 0.3 is 0 Å². The maximum absolute atomic E-state index is 12.8. The van der Waals surface area contributed by atoms with E-state index in [9.17, 15) is 4.79 Å². The van der Waals surface area contributed by atoms with Gasteiger partial charge in [0.25, 0.3) is 5.91 Å². The number of anilines is 1. The molecule has 2 N–H and O–H groups in total. The number of methoxy groups -OCH3 is 1. The van der Waals surface area contributed by atoms with Gasteiger partial charge in [0, 0.05) is 25.1 Å². The first kappa shape index (κ1) is 15.3. The number of amides is 1. The Kier molecular flexibility index (Phi) is 4.75. The summed E-state index contributed by atoms with van der Waals surface area (Å²) in [6.07, 6.45) is 0. The fourth-order valence-corrected chi connectivity index (χ4v) is 2.31. The molecule has 0 aliphatic rings. The highest BCUT2D eigenvalue weighted by atomic mass is 16.5. The molecule has 0 aliphatic carbocycles. The van der Waals surface area contributed by atoms with Gasteiger partial charge in [0.05, 0.1) is 17.7 Å². The molecule has 5 nitrogen and oxygen atoms in total. The summed E-state index contributed by atoms with van der Waals surface area (Å²) in [5.74, 6) is 0.305. The van der Waals surface area contributed by atoms with Crippen molar-refractivity contribution < 1.29 is 9.53 Å². The van der Waals surface area contributed by atoms with Crippen LogP contribution in [0.3, 0.4) is 0 Å². The number of carbonyl (C=O) groups excluding carboxylic acids is 1. The van der Waals surface area contributed by atoms with Crippen LogP contribution in [0, 0.1) is 0 Å². The van der Waals surface area contributed by atoms with Crippen molar-refractivity contribution in [2.24, 2.45) is 0 Å². The van der Waals surface area contributed by atoms with Crippen LogP contribution in [0.25, 0.3) is 10.9 Å². The molecule has 0 atom stereocenters. The Morgan fingerprint density at radius 2 is 2.10 bits per heavy atom. The molecule has 2 rings (SSSR count). The number of hydrogen-bond donors (Lipinski definition) is 1. The molecule has 1 aromatic carbocycles. The van der Waals surface area contributed by atoms with Crippen molar-refractivity contribution in [2.75, 3.05) is 26.0 Å². The van der Waals surface area contributed by atoms with Crippen LogP contribution in [0.15, 0.2) is 30.3 Å². The number of hydrogen-bond acceptors (Lipinski definition) is 4. The highest BCUT2D eigenvalue weighted by Crippen LogP contribution is 2.21. The fourth-order valence-electron chi connectivity index (χ4n) is 2.31. The summed E-state index contributed by atoms with van der Waals surface area (Å²) in [4.78, 5) is 18.9. The molecule has 0 saturated heterocycles. The number of rotatable bonds is 5. The molecule has 1 heterocycles. The lowest BCUT2D eigenvalue weighted by molar-refractivity contribution is 0.0637. The van der Waals surface area contributed by atoms with Gasteiger partial charge in [-0.2, -0.15) is 0 Å². The second-order valence-electron chi connectivity index (χ2n) is 5.20. The molecular formula is C16H21N3O2. The predicted molar refractivity (Wildman–Crippen MR) is 84.2 cm³/mol. The molecule has 0 fully saturated rings. The molecule has 0 unspecified atom stereocenters. The third-order valence-electron chi connectivity index (χ3n) is 3.39. The van der Waals surface area contributed by atoms with E-state index >= 15 is 0 Å². The Balaban J connectivity index is 2.46. The maximum atomic E-state index is 12.8. The first-order valence-electron chi connectivity index (χ1n) is 6.99. The third kappa shape index (κ3) is 3.31. The first-order chi connectivity index (χ1) is 10.0. The molecule has 112 valence electrons. The van der Waals surface area contributed by atoms with Gasteiger partial charge in [-0.05, 0) is 26.0 Å². The van der Waals surface area contributed by atoms with Gasteiger partial charge in [0.1, 0.15) is 5.82 Å². The van der Waals surface area contributed by atoms with E-state index in [2.05, 4.69) is 4.98 Å². The lowest BCUT2D eigenvalue weighted by atomic mass is 10.1. The molecule has 0 aliphatic heterocycles. The van der Waals surface area contributed by atoms with Crippen LogP contribution >= 0.6 is 0 Å². The van der Waals surface area contributed by atoms with E-state index in [0.29, 0.717) is 24.5 Å². The molecule has 1 amide bonds. The molecule has 2 aromatic rings. The number of para-hydroxylation sites is 1. The topological polar surface area (TPSA) is 68.5 Å². The Morgan fingerprint density at radius 3 is 2.76 bits per heavy atom. The van der Waals surface area contributed by atoms with E-state index in [1.807, 2.05) is 38.1 Å². The van der Waals surface area contributed by atoms with E-state index < -0.39 is 0 Å². The summed E-state index contributed by atoms with van der Waals surface area (Å²) >= 11 is 0. The normalized spacial score (nSPS) is 11.0. The molecule has 21 heavy (non-hydrogen) atoms. The quantitative estimate of drug-likeness (QED) is 0.916. The summed E-state index contributed by atoms with van der Waals surface area (Å²) in [6, 6.07) is 9.26. The van der Waals surface area contributed by atoms with Crippen LogP contribution in [0.4, 0.5) is 5.82 Å². The van der Waals surface area contributed by atoms with E-state index in [4.69, 9.17) is 10.5 Å². The molecule has 0 saturated carbocycles. The standard InChI is InChI=1S/C16H21N3O2/c1-11(2)19(8-9-21-3)16(20)13-10-15(17)18-14-7-5-4-6-12(13)14/h4-7,10-11H,8-9H2,1-3H3,(H2,17,18). The Morgan fingerprint density at radius 1 is 1.38 bits per heavy atom. The number of pyridine rings is 1. The maximum Gasteiger partial charge on any atom is 0.254 e. The van der Waals surface area contributed by atoms with Crippen molar-refractivity contribution in [1.82, 2.24) is 9.88 Å². The molecule has 5 heteroatoms. The van der Waals surface area contributed by atoms with Gasteiger partial charge in [-0.1, -0.05) is 18.2 Å². The third-order valence-corrected chi connectivity index (χ3v) is 3.39. The van der Waals surface area contributed by atoms with Gasteiger partial charge in [-0.25, -0.2) is 4.98 Å². The van der Waals surface area contributed by atoms with E-state index in [-0.39, 0.29) is 11.9 Å². The number of ether oxygens (including phenoxy) is 1. The van der Waals surface area contributed by atoms with Crippen LogP contribution in [0.5, 0.6) is 0 Å². The number of fused-ring (bicyclic) bond motifs is 1. The Hall–Kier alpha value is -2.14. The van der Waals surface area contributed by atoms with Crippen LogP contribution in [0.2, 0.25) is 0 Å². The number of carbonyl (C=O) groups is 1. The average Bonchev–Trinajstić information content (AvgIpc) is 2.46. The highest BCUT2D eigenvalue weighted by Gasteiger charge is 2.21. The zero-order chi connectivity index (χ0) is 15.4. The second kappa shape index (κ2) is 6.54. The van der Waals surface area contributed by atoms with Crippen molar-refractivity contribution in [2.45, 2.75) is 19.9 Å². The van der Waals surface area contributed by atoms with Crippen molar-refractivity contribution >= 4 is 22.6 Å². The van der Waals surface area contributed by atoms with Crippen LogP contribution < -0.4 is 5.73 Å². The Bertz CT molecular complexity index is 640. The second-order valence-corrected chi connectivity index (χ2v) is 5.20. The van der Waals surface area contributed by atoms with Crippen LogP contribution in [-0.2, 0) is 4.74 Å². The van der Waals surface area contributed by atoms with Gasteiger partial charge in [-0.15, -0.1) is 0 Å². The molecular weight excluding hydrogens is 266 g/mol. The monoisotopic (exact) mass is 287 g/mol. The molecule has 0 spiro atoms. The smallest absolute Gasteiger partial charge is 0.254 e. The van der Waals surface area contributed by atoms with E-state index in [1.54, 1.807) is 18.1 Å². The SMILES string of the molecule is COCCN(C(=O)c1cc(N)nc2ccccc12)C(C)C. The highest BCUT2D eigenvalue weighted by molar-refractivity contribution is 6.07. The van der Waals surface area contributed by atoms with E-state index in [1.165, 1.54) is 0 Å². The summed E-state index contributed by atoms with van der Waals surface area (Å²) in [7, 11) is 1.63. The largest absolute Gasteiger partial charge is 0.384 e. The minimum atomic E-state index is -0.0487. The first-order valence-corrected chi connectivity index (χ1v) is 6.99.